The van der Waals surface area contributed by atoms with Gasteiger partial charge in [0.25, 0.3) is 0 Å². The first-order valence-electron chi connectivity index (χ1n) is 8.83. The third-order valence-electron chi connectivity index (χ3n) is 4.04. The minimum atomic E-state index is -0.517. The lowest BCUT2D eigenvalue weighted by molar-refractivity contribution is 0.0285. The molecule has 0 saturated carbocycles. The van der Waals surface area contributed by atoms with Gasteiger partial charge in [-0.15, -0.1) is 0 Å². The molecule has 1 heterocycles. The second kappa shape index (κ2) is 8.78. The Balaban J connectivity index is 1.70. The van der Waals surface area contributed by atoms with Crippen LogP contribution in [-0.2, 0) is 9.47 Å². The first-order chi connectivity index (χ1) is 12.3. The molecule has 0 spiro atoms. The van der Waals surface area contributed by atoms with E-state index in [0.717, 1.165) is 6.42 Å². The van der Waals surface area contributed by atoms with Crippen LogP contribution in [0.5, 0.6) is 5.75 Å². The molecule has 7 nitrogen and oxygen atoms in total. The molecule has 1 saturated heterocycles. The average molecular weight is 364 g/mol. The Morgan fingerprint density at radius 2 is 2.00 bits per heavy atom. The third-order valence-corrected chi connectivity index (χ3v) is 4.04. The van der Waals surface area contributed by atoms with Crippen molar-refractivity contribution in [1.82, 2.24) is 4.90 Å². The summed E-state index contributed by atoms with van der Waals surface area (Å²) in [5, 5.41) is 2.67. The van der Waals surface area contributed by atoms with Crippen LogP contribution in [-0.4, -0.2) is 49.5 Å². The number of anilines is 1. The van der Waals surface area contributed by atoms with Crippen LogP contribution in [0.4, 0.5) is 15.3 Å². The lowest BCUT2D eigenvalue weighted by Gasteiger charge is -2.24. The number of para-hydroxylation sites is 2. The normalized spacial score (nSPS) is 16.9. The van der Waals surface area contributed by atoms with Crippen LogP contribution in [0.25, 0.3) is 0 Å². The zero-order valence-electron chi connectivity index (χ0n) is 15.9. The van der Waals surface area contributed by atoms with E-state index in [1.165, 1.54) is 0 Å². The smallest absolute Gasteiger partial charge is 0.411 e. The van der Waals surface area contributed by atoms with Gasteiger partial charge in [-0.2, -0.15) is 0 Å². The molecule has 1 aromatic rings. The molecule has 2 amide bonds. The second-order valence-corrected chi connectivity index (χ2v) is 7.33. The molecule has 0 radical (unpaired) electrons. The van der Waals surface area contributed by atoms with Gasteiger partial charge in [0.05, 0.1) is 19.4 Å². The minimum Gasteiger partial charge on any atom is -0.495 e. The number of nitrogens with one attached hydrogen (secondary N) is 1. The Morgan fingerprint density at radius 3 is 2.69 bits per heavy atom. The number of likely N-dealkylation sites (tertiary alicyclic amines) is 1. The fourth-order valence-corrected chi connectivity index (χ4v) is 2.77. The largest absolute Gasteiger partial charge is 0.495 e. The van der Waals surface area contributed by atoms with Gasteiger partial charge in [-0.1, -0.05) is 12.1 Å². The molecule has 0 aliphatic carbocycles. The Kier molecular flexibility index (Phi) is 6.71. The molecule has 1 fully saturated rings. The second-order valence-electron chi connectivity index (χ2n) is 7.33. The molecule has 2 rings (SSSR count). The number of ether oxygens (including phenoxy) is 3. The molecular weight excluding hydrogens is 336 g/mol. The van der Waals surface area contributed by atoms with Crippen LogP contribution in [0.1, 0.15) is 33.6 Å². The van der Waals surface area contributed by atoms with Gasteiger partial charge < -0.3 is 19.1 Å². The van der Waals surface area contributed by atoms with Crippen LogP contribution in [0.15, 0.2) is 24.3 Å². The summed E-state index contributed by atoms with van der Waals surface area (Å²) >= 11 is 0. The van der Waals surface area contributed by atoms with E-state index in [4.69, 9.17) is 14.2 Å². The number of methoxy groups -OCH3 is 1. The van der Waals surface area contributed by atoms with Crippen molar-refractivity contribution in [3.05, 3.63) is 24.3 Å². The Labute approximate surface area is 154 Å². The summed E-state index contributed by atoms with van der Waals surface area (Å²) in [5.74, 6) is 0.884. The number of hydrogen-bond donors (Lipinski definition) is 1. The maximum absolute atomic E-state index is 12.0. The first kappa shape index (κ1) is 19.9. The number of benzene rings is 1. The number of hydrogen-bond acceptors (Lipinski definition) is 5. The standard InChI is InChI=1S/C19H28N2O5/c1-19(2,3)26-18(23)21-11-9-14(13-21)10-12-25-17(22)20-15-7-5-6-8-16(15)24-4/h5-8,14H,9-13H2,1-4H3,(H,20,22). The molecule has 1 aromatic carbocycles. The summed E-state index contributed by atoms with van der Waals surface area (Å²) in [6.45, 7) is 7.17. The van der Waals surface area contributed by atoms with Gasteiger partial charge in [-0.25, -0.2) is 9.59 Å². The average Bonchev–Trinajstić information content (AvgIpc) is 3.03. The maximum atomic E-state index is 12.0. The van der Waals surface area contributed by atoms with Crippen LogP contribution in [0.3, 0.4) is 0 Å². The lowest BCUT2D eigenvalue weighted by Crippen LogP contribution is -2.35. The molecule has 0 bridgehead atoms. The summed E-state index contributed by atoms with van der Waals surface area (Å²) in [7, 11) is 1.54. The SMILES string of the molecule is COc1ccccc1NC(=O)OCCC1CCN(C(=O)OC(C)(C)C)C1. The quantitative estimate of drug-likeness (QED) is 0.858. The molecule has 26 heavy (non-hydrogen) atoms. The van der Waals surface area contributed by atoms with Crippen molar-refractivity contribution in [3.8, 4) is 5.75 Å². The third kappa shape index (κ3) is 6.13. The van der Waals surface area contributed by atoms with Crippen molar-refractivity contribution >= 4 is 17.9 Å². The molecule has 1 atom stereocenters. The van der Waals surface area contributed by atoms with Gasteiger partial charge in [-0.05, 0) is 51.7 Å². The summed E-state index contributed by atoms with van der Waals surface area (Å²) in [6.07, 6.45) is 0.793. The highest BCUT2D eigenvalue weighted by molar-refractivity contribution is 5.86. The van der Waals surface area contributed by atoms with E-state index in [9.17, 15) is 9.59 Å². The number of amides is 2. The minimum absolute atomic E-state index is 0.283. The Bertz CT molecular complexity index is 627. The van der Waals surface area contributed by atoms with E-state index in [2.05, 4.69) is 5.32 Å². The molecular formula is C19H28N2O5. The number of nitrogens with zero attached hydrogens (tertiary/aromatic N) is 1. The van der Waals surface area contributed by atoms with Crippen molar-refractivity contribution in [3.63, 3.8) is 0 Å². The van der Waals surface area contributed by atoms with Gasteiger partial charge >= 0.3 is 12.2 Å². The van der Waals surface area contributed by atoms with E-state index in [-0.39, 0.29) is 6.09 Å². The predicted molar refractivity (Wildman–Crippen MR) is 98.5 cm³/mol. The molecule has 7 heteroatoms. The Morgan fingerprint density at radius 1 is 1.27 bits per heavy atom. The predicted octanol–water partition coefficient (Wildman–Crippen LogP) is 3.89. The first-order valence-corrected chi connectivity index (χ1v) is 8.83. The number of carbonyl (C=O) groups is 2. The van der Waals surface area contributed by atoms with Crippen molar-refractivity contribution in [2.24, 2.45) is 5.92 Å². The highest BCUT2D eigenvalue weighted by Crippen LogP contribution is 2.24. The lowest BCUT2D eigenvalue weighted by atomic mass is 10.1. The summed E-state index contributed by atoms with van der Waals surface area (Å²) in [4.78, 5) is 25.7. The topological polar surface area (TPSA) is 77.1 Å². The highest BCUT2D eigenvalue weighted by Gasteiger charge is 2.29. The van der Waals surface area contributed by atoms with Crippen LogP contribution < -0.4 is 10.1 Å². The van der Waals surface area contributed by atoms with E-state index < -0.39 is 11.7 Å². The van der Waals surface area contributed by atoms with Gasteiger partial charge in [0, 0.05) is 13.1 Å². The molecule has 1 unspecified atom stereocenters. The van der Waals surface area contributed by atoms with E-state index in [1.54, 1.807) is 24.1 Å². The Hall–Kier alpha value is -2.44. The summed E-state index contributed by atoms with van der Waals surface area (Å²) in [5.41, 5.74) is 0.0754. The molecule has 1 aliphatic rings. The van der Waals surface area contributed by atoms with Crippen molar-refractivity contribution in [2.75, 3.05) is 32.1 Å². The van der Waals surface area contributed by atoms with Gasteiger partial charge in [-0.3, -0.25) is 5.32 Å². The fourth-order valence-electron chi connectivity index (χ4n) is 2.77. The number of rotatable bonds is 5. The molecule has 0 aromatic heterocycles. The van der Waals surface area contributed by atoms with Crippen molar-refractivity contribution in [1.29, 1.82) is 0 Å². The number of carbonyl (C=O) groups excluding carboxylic acids is 2. The zero-order valence-corrected chi connectivity index (χ0v) is 15.9. The van der Waals surface area contributed by atoms with Gasteiger partial charge in [0.2, 0.25) is 0 Å². The monoisotopic (exact) mass is 364 g/mol. The molecule has 1 aliphatic heterocycles. The van der Waals surface area contributed by atoms with Crippen molar-refractivity contribution in [2.45, 2.75) is 39.2 Å². The fraction of sp³-hybridized carbons (Fsp3) is 0.579. The maximum Gasteiger partial charge on any atom is 0.411 e. The van der Waals surface area contributed by atoms with E-state index in [1.807, 2.05) is 32.9 Å². The molecule has 144 valence electrons. The zero-order chi connectivity index (χ0) is 19.2. The summed E-state index contributed by atoms with van der Waals surface area (Å²) < 4.78 is 15.8. The van der Waals surface area contributed by atoms with E-state index in [0.29, 0.717) is 43.5 Å². The van der Waals surface area contributed by atoms with Gasteiger partial charge in [0.15, 0.2) is 0 Å². The van der Waals surface area contributed by atoms with Gasteiger partial charge in [0.1, 0.15) is 11.4 Å². The molecule has 1 N–H and O–H groups in total. The summed E-state index contributed by atoms with van der Waals surface area (Å²) in [6, 6.07) is 7.14. The van der Waals surface area contributed by atoms with Crippen LogP contribution in [0, 0.1) is 5.92 Å². The van der Waals surface area contributed by atoms with Crippen LogP contribution in [0.2, 0.25) is 0 Å². The van der Waals surface area contributed by atoms with Crippen molar-refractivity contribution < 1.29 is 23.8 Å². The van der Waals surface area contributed by atoms with E-state index >= 15 is 0 Å². The highest BCUT2D eigenvalue weighted by atomic mass is 16.6. The van der Waals surface area contributed by atoms with Crippen LogP contribution >= 0.6 is 0 Å².